The van der Waals surface area contributed by atoms with Crippen LogP contribution < -0.4 is 5.32 Å². The first-order chi connectivity index (χ1) is 9.52. The molecule has 2 unspecified atom stereocenters. The summed E-state index contributed by atoms with van der Waals surface area (Å²) in [5.41, 5.74) is 0.311. The number of aliphatic carboxylic acids is 1. The van der Waals surface area contributed by atoms with E-state index in [0.717, 1.165) is 0 Å². The van der Waals surface area contributed by atoms with Gasteiger partial charge in [-0.25, -0.2) is 14.0 Å². The number of halogens is 1. The summed E-state index contributed by atoms with van der Waals surface area (Å²) in [5.74, 6) is -1.12. The van der Waals surface area contributed by atoms with E-state index in [2.05, 4.69) is 5.32 Å². The number of hydrogen-bond donors (Lipinski definition) is 2. The normalized spacial score (nSPS) is 21.8. The number of rotatable bonds is 3. The number of carbonyl (C=O) groups excluding carboxylic acids is 1. The highest BCUT2D eigenvalue weighted by Crippen LogP contribution is 2.31. The summed E-state index contributed by atoms with van der Waals surface area (Å²) in [6.45, 7) is 1.89. The summed E-state index contributed by atoms with van der Waals surface area (Å²) in [6, 6.07) is 4.14. The third-order valence-corrected chi connectivity index (χ3v) is 4.49. The number of anilines is 1. The third-order valence-electron chi connectivity index (χ3n) is 3.04. The van der Waals surface area contributed by atoms with E-state index in [0.29, 0.717) is 17.9 Å². The Kier molecular flexibility index (Phi) is 4.49. The lowest BCUT2D eigenvalue weighted by Crippen LogP contribution is -2.47. The average Bonchev–Trinajstić information content (AvgIpc) is 2.82. The molecule has 1 heterocycles. The lowest BCUT2D eigenvalue weighted by molar-refractivity contribution is -0.141. The molecule has 1 aromatic carbocycles. The molecule has 0 aromatic heterocycles. The van der Waals surface area contributed by atoms with Crippen molar-refractivity contribution >= 4 is 29.4 Å². The first kappa shape index (κ1) is 14.6. The number of carboxylic acids is 1. The van der Waals surface area contributed by atoms with Crippen LogP contribution in [0, 0.1) is 5.82 Å². The van der Waals surface area contributed by atoms with Crippen molar-refractivity contribution in [2.75, 3.05) is 11.1 Å². The molecule has 1 aliphatic rings. The SMILES string of the molecule is CCC1SCC(C(=O)O)N1C(=O)Nc1cccc(F)c1. The molecule has 1 aromatic rings. The van der Waals surface area contributed by atoms with E-state index in [1.165, 1.54) is 34.9 Å². The summed E-state index contributed by atoms with van der Waals surface area (Å²) >= 11 is 1.44. The number of thioether (sulfide) groups is 1. The molecule has 7 heteroatoms. The summed E-state index contributed by atoms with van der Waals surface area (Å²) in [7, 11) is 0. The number of carbonyl (C=O) groups is 2. The third kappa shape index (κ3) is 3.04. The topological polar surface area (TPSA) is 69.6 Å². The molecule has 2 rings (SSSR count). The van der Waals surface area contributed by atoms with Crippen LogP contribution in [0.15, 0.2) is 24.3 Å². The molecular weight excluding hydrogens is 283 g/mol. The second-order valence-electron chi connectivity index (χ2n) is 4.40. The maximum Gasteiger partial charge on any atom is 0.327 e. The Balaban J connectivity index is 2.15. The summed E-state index contributed by atoms with van der Waals surface area (Å²) in [6.07, 6.45) is 0.658. The minimum atomic E-state index is -1.03. The monoisotopic (exact) mass is 298 g/mol. The van der Waals surface area contributed by atoms with E-state index < -0.39 is 23.9 Å². The fourth-order valence-corrected chi connectivity index (χ4v) is 3.44. The predicted octanol–water partition coefficient (Wildman–Crippen LogP) is 2.60. The molecule has 0 radical (unpaired) electrons. The number of nitrogens with zero attached hydrogens (tertiary/aromatic N) is 1. The van der Waals surface area contributed by atoms with E-state index in [4.69, 9.17) is 5.11 Å². The van der Waals surface area contributed by atoms with Crippen LogP contribution in [0.5, 0.6) is 0 Å². The van der Waals surface area contributed by atoms with Crippen LogP contribution >= 0.6 is 11.8 Å². The zero-order valence-corrected chi connectivity index (χ0v) is 11.7. The zero-order chi connectivity index (χ0) is 14.7. The van der Waals surface area contributed by atoms with Crippen LogP contribution in [0.4, 0.5) is 14.9 Å². The molecule has 20 heavy (non-hydrogen) atoms. The minimum absolute atomic E-state index is 0.176. The molecule has 108 valence electrons. The number of carboxylic acid groups (broad SMARTS) is 1. The number of benzene rings is 1. The van der Waals surface area contributed by atoms with Crippen molar-refractivity contribution in [3.05, 3.63) is 30.1 Å². The Morgan fingerprint density at radius 1 is 1.55 bits per heavy atom. The lowest BCUT2D eigenvalue weighted by atomic mass is 10.2. The van der Waals surface area contributed by atoms with Crippen molar-refractivity contribution in [2.45, 2.75) is 24.8 Å². The second-order valence-corrected chi connectivity index (χ2v) is 5.61. The minimum Gasteiger partial charge on any atom is -0.480 e. The van der Waals surface area contributed by atoms with Crippen molar-refractivity contribution in [1.82, 2.24) is 4.90 Å². The Labute approximate surface area is 120 Å². The lowest BCUT2D eigenvalue weighted by Gasteiger charge is -2.26. The first-order valence-corrected chi connectivity index (χ1v) is 7.27. The van der Waals surface area contributed by atoms with Gasteiger partial charge in [0.15, 0.2) is 0 Å². The maximum absolute atomic E-state index is 13.1. The molecule has 0 bridgehead atoms. The molecule has 5 nitrogen and oxygen atoms in total. The first-order valence-electron chi connectivity index (χ1n) is 6.22. The van der Waals surface area contributed by atoms with Gasteiger partial charge in [-0.3, -0.25) is 4.90 Å². The number of hydrogen-bond acceptors (Lipinski definition) is 3. The Morgan fingerprint density at radius 2 is 2.30 bits per heavy atom. The highest BCUT2D eigenvalue weighted by Gasteiger charge is 2.40. The number of nitrogens with one attached hydrogen (secondary N) is 1. The van der Waals surface area contributed by atoms with Gasteiger partial charge in [-0.15, -0.1) is 11.8 Å². The van der Waals surface area contributed by atoms with Crippen LogP contribution in [0.3, 0.4) is 0 Å². The molecule has 2 N–H and O–H groups in total. The van der Waals surface area contributed by atoms with Crippen LogP contribution in [0.1, 0.15) is 13.3 Å². The van der Waals surface area contributed by atoms with E-state index in [9.17, 15) is 14.0 Å². The Morgan fingerprint density at radius 3 is 2.90 bits per heavy atom. The molecular formula is C13H15FN2O3S. The fourth-order valence-electron chi connectivity index (χ4n) is 2.09. The van der Waals surface area contributed by atoms with Crippen molar-refractivity contribution in [1.29, 1.82) is 0 Å². The van der Waals surface area contributed by atoms with Gasteiger partial charge in [-0.05, 0) is 24.6 Å². The van der Waals surface area contributed by atoms with Crippen LogP contribution in [-0.4, -0.2) is 39.2 Å². The van der Waals surface area contributed by atoms with Gasteiger partial charge in [0.05, 0.1) is 5.37 Å². The molecule has 0 saturated carbocycles. The van der Waals surface area contributed by atoms with Crippen LogP contribution in [0.2, 0.25) is 0 Å². The van der Waals surface area contributed by atoms with E-state index in [1.54, 1.807) is 6.07 Å². The fraction of sp³-hybridized carbons (Fsp3) is 0.385. The van der Waals surface area contributed by atoms with Crippen LogP contribution in [-0.2, 0) is 4.79 Å². The molecule has 2 amide bonds. The number of amides is 2. The molecule has 1 aliphatic heterocycles. The van der Waals surface area contributed by atoms with Gasteiger partial charge in [0.25, 0.3) is 0 Å². The summed E-state index contributed by atoms with van der Waals surface area (Å²) in [5, 5.41) is 11.5. The van der Waals surface area contributed by atoms with Crippen LogP contribution in [0.25, 0.3) is 0 Å². The van der Waals surface area contributed by atoms with Crippen molar-refractivity contribution in [2.24, 2.45) is 0 Å². The predicted molar refractivity (Wildman–Crippen MR) is 75.2 cm³/mol. The van der Waals surface area contributed by atoms with Gasteiger partial charge in [-0.2, -0.15) is 0 Å². The Hall–Kier alpha value is -1.76. The largest absolute Gasteiger partial charge is 0.480 e. The Bertz CT molecular complexity index is 526. The molecule has 2 atom stereocenters. The highest BCUT2D eigenvalue weighted by molar-refractivity contribution is 8.00. The van der Waals surface area contributed by atoms with E-state index in [-0.39, 0.29) is 5.37 Å². The maximum atomic E-state index is 13.1. The molecule has 1 fully saturated rings. The standard InChI is InChI=1S/C13H15FN2O3S/c1-2-11-16(10(7-20-11)12(17)18)13(19)15-9-5-3-4-8(14)6-9/h3-6,10-11H,2,7H2,1H3,(H,15,19)(H,17,18). The van der Waals surface area contributed by atoms with Gasteiger partial charge in [0, 0.05) is 11.4 Å². The van der Waals surface area contributed by atoms with Gasteiger partial charge in [0.2, 0.25) is 0 Å². The second kappa shape index (κ2) is 6.13. The van der Waals surface area contributed by atoms with Crippen molar-refractivity contribution < 1.29 is 19.1 Å². The van der Waals surface area contributed by atoms with E-state index in [1.807, 2.05) is 6.92 Å². The molecule has 1 saturated heterocycles. The van der Waals surface area contributed by atoms with Gasteiger partial charge in [-0.1, -0.05) is 13.0 Å². The molecule has 0 spiro atoms. The highest BCUT2D eigenvalue weighted by atomic mass is 32.2. The summed E-state index contributed by atoms with van der Waals surface area (Å²) in [4.78, 5) is 24.7. The molecule has 0 aliphatic carbocycles. The zero-order valence-electron chi connectivity index (χ0n) is 10.9. The van der Waals surface area contributed by atoms with Gasteiger partial charge in [0.1, 0.15) is 11.9 Å². The summed E-state index contributed by atoms with van der Waals surface area (Å²) < 4.78 is 13.1. The smallest absolute Gasteiger partial charge is 0.327 e. The average molecular weight is 298 g/mol. The van der Waals surface area contributed by atoms with Crippen molar-refractivity contribution in [3.63, 3.8) is 0 Å². The quantitative estimate of drug-likeness (QED) is 0.900. The number of urea groups is 1. The van der Waals surface area contributed by atoms with Crippen molar-refractivity contribution in [3.8, 4) is 0 Å². The van der Waals surface area contributed by atoms with Gasteiger partial charge >= 0.3 is 12.0 Å². The van der Waals surface area contributed by atoms with Gasteiger partial charge < -0.3 is 10.4 Å². The van der Waals surface area contributed by atoms with E-state index >= 15 is 0 Å².